The molecule has 0 saturated carbocycles. The minimum Gasteiger partial charge on any atom is -0.494 e. The highest BCUT2D eigenvalue weighted by molar-refractivity contribution is 6.42. The first kappa shape index (κ1) is 16.7. The summed E-state index contributed by atoms with van der Waals surface area (Å²) in [5.74, 6) is -1.58. The summed E-state index contributed by atoms with van der Waals surface area (Å²) in [4.78, 5) is 25.6. The van der Waals surface area contributed by atoms with Crippen LogP contribution in [0.5, 0.6) is 5.75 Å². The van der Waals surface area contributed by atoms with Crippen LogP contribution >= 0.6 is 0 Å². The summed E-state index contributed by atoms with van der Waals surface area (Å²) in [6, 6.07) is 11.2. The smallest absolute Gasteiger partial charge is 0.294 e. The number of benzene rings is 2. The molecule has 0 aromatic heterocycles. The highest BCUT2D eigenvalue weighted by Crippen LogP contribution is 2.18. The van der Waals surface area contributed by atoms with Crippen molar-refractivity contribution >= 4 is 11.7 Å². The Kier molecular flexibility index (Phi) is 5.11. The van der Waals surface area contributed by atoms with Crippen molar-refractivity contribution in [3.8, 4) is 5.75 Å². The molecule has 0 bridgehead atoms. The zero-order valence-electron chi connectivity index (χ0n) is 13.3. The van der Waals surface area contributed by atoms with Gasteiger partial charge in [-0.15, -0.1) is 0 Å². The molecule has 23 heavy (non-hydrogen) atoms. The van der Waals surface area contributed by atoms with Crippen molar-refractivity contribution < 1.29 is 18.7 Å². The van der Waals surface area contributed by atoms with Crippen molar-refractivity contribution in [1.82, 2.24) is 4.90 Å². The summed E-state index contributed by atoms with van der Waals surface area (Å²) in [5.41, 5.74) is 1.93. The van der Waals surface area contributed by atoms with Gasteiger partial charge in [0.2, 0.25) is 5.78 Å². The normalized spacial score (nSPS) is 10.3. The number of carbonyl (C=O) groups is 2. The van der Waals surface area contributed by atoms with Crippen LogP contribution in [0.15, 0.2) is 42.5 Å². The Bertz CT molecular complexity index is 726. The maximum Gasteiger partial charge on any atom is 0.294 e. The number of likely N-dealkylation sites (N-methyl/N-ethyl adjacent to an activating group) is 1. The zero-order valence-corrected chi connectivity index (χ0v) is 13.3. The number of aryl methyl sites for hydroxylation is 1. The number of ketones is 1. The van der Waals surface area contributed by atoms with Crippen LogP contribution in [0.25, 0.3) is 0 Å². The molecule has 0 aliphatic carbocycles. The lowest BCUT2D eigenvalue weighted by atomic mass is 10.1. The molecular weight excluding hydrogens is 297 g/mol. The van der Waals surface area contributed by atoms with Crippen molar-refractivity contribution in [2.45, 2.75) is 13.5 Å². The first-order valence-corrected chi connectivity index (χ1v) is 7.11. The fourth-order valence-electron chi connectivity index (χ4n) is 2.16. The van der Waals surface area contributed by atoms with E-state index < -0.39 is 17.5 Å². The SMILES string of the molecule is COc1ccc(CN(C)C(=O)C(=O)c2ccc(C)cc2)cc1F. The summed E-state index contributed by atoms with van der Waals surface area (Å²) in [6.45, 7) is 2.04. The zero-order chi connectivity index (χ0) is 17.0. The van der Waals surface area contributed by atoms with Crippen molar-refractivity contribution in [2.24, 2.45) is 0 Å². The first-order valence-electron chi connectivity index (χ1n) is 7.11. The van der Waals surface area contributed by atoms with Gasteiger partial charge in [0.15, 0.2) is 11.6 Å². The van der Waals surface area contributed by atoms with E-state index in [1.165, 1.54) is 31.2 Å². The molecule has 120 valence electrons. The standard InChI is InChI=1S/C18H18FNO3/c1-12-4-7-14(8-5-12)17(21)18(22)20(2)11-13-6-9-16(23-3)15(19)10-13/h4-10H,11H2,1-3H3. The van der Waals surface area contributed by atoms with E-state index in [4.69, 9.17) is 4.74 Å². The van der Waals surface area contributed by atoms with Crippen LogP contribution in [0.3, 0.4) is 0 Å². The number of halogens is 1. The van der Waals surface area contributed by atoms with Crippen molar-refractivity contribution in [2.75, 3.05) is 14.2 Å². The van der Waals surface area contributed by atoms with Gasteiger partial charge in [-0.1, -0.05) is 35.9 Å². The van der Waals surface area contributed by atoms with Gasteiger partial charge in [0, 0.05) is 19.2 Å². The number of hydrogen-bond acceptors (Lipinski definition) is 3. The molecule has 0 N–H and O–H groups in total. The van der Waals surface area contributed by atoms with E-state index in [1.54, 1.807) is 30.3 Å². The van der Waals surface area contributed by atoms with E-state index >= 15 is 0 Å². The van der Waals surface area contributed by atoms with E-state index in [2.05, 4.69) is 0 Å². The topological polar surface area (TPSA) is 46.6 Å². The van der Waals surface area contributed by atoms with Crippen LogP contribution in [-0.4, -0.2) is 30.7 Å². The molecule has 0 radical (unpaired) electrons. The molecular formula is C18H18FNO3. The molecule has 0 fully saturated rings. The lowest BCUT2D eigenvalue weighted by Crippen LogP contribution is -2.32. The molecule has 5 heteroatoms. The van der Waals surface area contributed by atoms with Crippen LogP contribution in [0, 0.1) is 12.7 Å². The second kappa shape index (κ2) is 7.05. The van der Waals surface area contributed by atoms with Gasteiger partial charge in [-0.05, 0) is 24.6 Å². The van der Waals surface area contributed by atoms with Crippen LogP contribution < -0.4 is 4.74 Å². The molecule has 2 rings (SSSR count). The Morgan fingerprint density at radius 2 is 1.78 bits per heavy atom. The average molecular weight is 315 g/mol. The van der Waals surface area contributed by atoms with Gasteiger partial charge in [0.25, 0.3) is 5.91 Å². The maximum atomic E-state index is 13.7. The van der Waals surface area contributed by atoms with Gasteiger partial charge in [0.1, 0.15) is 0 Å². The number of hydrogen-bond donors (Lipinski definition) is 0. The predicted octanol–water partition coefficient (Wildman–Crippen LogP) is 2.98. The molecule has 0 spiro atoms. The Balaban J connectivity index is 2.09. The summed E-state index contributed by atoms with van der Waals surface area (Å²) < 4.78 is 18.5. The molecule has 0 aliphatic rings. The first-order chi connectivity index (χ1) is 10.9. The minimum absolute atomic E-state index is 0.136. The van der Waals surface area contributed by atoms with Gasteiger partial charge in [0.05, 0.1) is 7.11 Å². The molecule has 4 nitrogen and oxygen atoms in total. The minimum atomic E-state index is -0.634. The monoisotopic (exact) mass is 315 g/mol. The molecule has 0 heterocycles. The van der Waals surface area contributed by atoms with E-state index in [9.17, 15) is 14.0 Å². The average Bonchev–Trinajstić information content (AvgIpc) is 2.54. The lowest BCUT2D eigenvalue weighted by molar-refractivity contribution is -0.125. The quantitative estimate of drug-likeness (QED) is 0.629. The fourth-order valence-corrected chi connectivity index (χ4v) is 2.16. The van der Waals surface area contributed by atoms with Crippen molar-refractivity contribution in [3.63, 3.8) is 0 Å². The van der Waals surface area contributed by atoms with Crippen LogP contribution in [0.1, 0.15) is 21.5 Å². The third-order valence-electron chi connectivity index (χ3n) is 3.49. The summed E-state index contributed by atoms with van der Waals surface area (Å²) in [5, 5.41) is 0. The molecule has 0 atom stereocenters. The molecule has 2 aromatic rings. The Labute approximate surface area is 134 Å². The largest absolute Gasteiger partial charge is 0.494 e. The number of Topliss-reactive ketones (excluding diaryl/α,β-unsaturated/α-hetero) is 1. The van der Waals surface area contributed by atoms with E-state index in [0.29, 0.717) is 11.1 Å². The van der Waals surface area contributed by atoms with Gasteiger partial charge >= 0.3 is 0 Å². The molecule has 0 saturated heterocycles. The Morgan fingerprint density at radius 3 is 2.35 bits per heavy atom. The summed E-state index contributed by atoms with van der Waals surface area (Å²) >= 11 is 0. The van der Waals surface area contributed by atoms with Crippen molar-refractivity contribution in [1.29, 1.82) is 0 Å². The van der Waals surface area contributed by atoms with Crippen LogP contribution in [0.2, 0.25) is 0 Å². The second-order valence-electron chi connectivity index (χ2n) is 5.33. The van der Waals surface area contributed by atoms with Gasteiger partial charge in [-0.2, -0.15) is 0 Å². The van der Waals surface area contributed by atoms with E-state index in [1.807, 2.05) is 6.92 Å². The second-order valence-corrected chi connectivity index (χ2v) is 5.33. The number of ether oxygens (including phenoxy) is 1. The number of rotatable bonds is 5. The Morgan fingerprint density at radius 1 is 1.13 bits per heavy atom. The van der Waals surface area contributed by atoms with Crippen LogP contribution in [-0.2, 0) is 11.3 Å². The molecule has 0 aliphatic heterocycles. The summed E-state index contributed by atoms with van der Waals surface area (Å²) in [7, 11) is 2.89. The van der Waals surface area contributed by atoms with Crippen LogP contribution in [0.4, 0.5) is 4.39 Å². The van der Waals surface area contributed by atoms with E-state index in [-0.39, 0.29) is 12.3 Å². The van der Waals surface area contributed by atoms with Gasteiger partial charge < -0.3 is 9.64 Å². The number of carbonyl (C=O) groups excluding carboxylic acids is 2. The molecule has 2 aromatic carbocycles. The third-order valence-corrected chi connectivity index (χ3v) is 3.49. The van der Waals surface area contributed by atoms with Crippen molar-refractivity contribution in [3.05, 3.63) is 65.0 Å². The number of methoxy groups -OCH3 is 1. The Hall–Kier alpha value is -2.69. The number of nitrogens with zero attached hydrogens (tertiary/aromatic N) is 1. The predicted molar refractivity (Wildman–Crippen MR) is 84.9 cm³/mol. The maximum absolute atomic E-state index is 13.7. The lowest BCUT2D eigenvalue weighted by Gasteiger charge is -2.17. The molecule has 1 amide bonds. The highest BCUT2D eigenvalue weighted by atomic mass is 19.1. The molecule has 0 unspecified atom stereocenters. The van der Waals surface area contributed by atoms with Gasteiger partial charge in [-0.3, -0.25) is 9.59 Å². The third kappa shape index (κ3) is 3.94. The fraction of sp³-hybridized carbons (Fsp3) is 0.222. The van der Waals surface area contributed by atoms with Gasteiger partial charge in [-0.25, -0.2) is 4.39 Å². The van der Waals surface area contributed by atoms with E-state index in [0.717, 1.165) is 5.56 Å². The summed E-state index contributed by atoms with van der Waals surface area (Å²) in [6.07, 6.45) is 0. The number of amides is 1. The highest BCUT2D eigenvalue weighted by Gasteiger charge is 2.20.